The average molecular weight is 428 g/mol. The number of carbonyl (C=O) groups excluding carboxylic acids is 1. The minimum Gasteiger partial charge on any atom is -0.481 e. The first kappa shape index (κ1) is 17.7. The van der Waals surface area contributed by atoms with Gasteiger partial charge in [-0.15, -0.1) is 11.8 Å². The molecule has 1 aliphatic rings. The summed E-state index contributed by atoms with van der Waals surface area (Å²) in [7, 11) is 0. The number of aromatic amines is 1. The van der Waals surface area contributed by atoms with Gasteiger partial charge in [-0.3, -0.25) is 23.7 Å². The quantitative estimate of drug-likeness (QED) is 0.613. The normalized spacial score (nSPS) is 16.0. The van der Waals surface area contributed by atoms with Crippen molar-refractivity contribution in [1.29, 1.82) is 0 Å². The number of benzene rings is 1. The summed E-state index contributed by atoms with van der Waals surface area (Å²) in [6.07, 6.45) is -0.169. The third-order valence-corrected chi connectivity index (χ3v) is 5.45. The molecule has 25 heavy (non-hydrogen) atoms. The SMILES string of the molecule is O=C(O)CCNC(=O)CC1CSc2cc(Br)cc3[nH]c(=O)c(=O)n1c23. The first-order valence-corrected chi connectivity index (χ1v) is 9.24. The summed E-state index contributed by atoms with van der Waals surface area (Å²) >= 11 is 4.88. The van der Waals surface area contributed by atoms with E-state index in [-0.39, 0.29) is 25.3 Å². The minimum atomic E-state index is -0.999. The van der Waals surface area contributed by atoms with Crippen LogP contribution in [-0.2, 0) is 9.59 Å². The zero-order chi connectivity index (χ0) is 18.1. The predicted molar refractivity (Wildman–Crippen MR) is 96.2 cm³/mol. The summed E-state index contributed by atoms with van der Waals surface area (Å²) in [5.41, 5.74) is -0.302. The van der Waals surface area contributed by atoms with E-state index in [9.17, 15) is 19.2 Å². The van der Waals surface area contributed by atoms with E-state index in [1.807, 2.05) is 6.07 Å². The van der Waals surface area contributed by atoms with Gasteiger partial charge in [0.15, 0.2) is 0 Å². The van der Waals surface area contributed by atoms with Gasteiger partial charge in [0.2, 0.25) is 5.91 Å². The molecule has 1 atom stereocenters. The molecule has 10 heteroatoms. The summed E-state index contributed by atoms with van der Waals surface area (Å²) in [4.78, 5) is 50.3. The van der Waals surface area contributed by atoms with Crippen LogP contribution in [0.2, 0.25) is 0 Å². The van der Waals surface area contributed by atoms with Crippen molar-refractivity contribution in [3.8, 4) is 0 Å². The van der Waals surface area contributed by atoms with Gasteiger partial charge in [0.05, 0.1) is 23.5 Å². The van der Waals surface area contributed by atoms with E-state index in [1.165, 1.54) is 16.3 Å². The van der Waals surface area contributed by atoms with Crippen molar-refractivity contribution in [2.24, 2.45) is 0 Å². The molecule has 1 unspecified atom stereocenters. The number of carboxylic acid groups (broad SMARTS) is 1. The summed E-state index contributed by atoms with van der Waals surface area (Å²) in [5.74, 6) is -0.887. The first-order valence-electron chi connectivity index (χ1n) is 7.46. The highest BCUT2D eigenvalue weighted by Crippen LogP contribution is 2.37. The van der Waals surface area contributed by atoms with Crippen LogP contribution in [0.25, 0.3) is 11.0 Å². The van der Waals surface area contributed by atoms with Gasteiger partial charge < -0.3 is 15.4 Å². The fourth-order valence-electron chi connectivity index (χ4n) is 2.77. The molecule has 1 aromatic heterocycles. The number of H-pyrrole nitrogens is 1. The molecule has 8 nitrogen and oxygen atoms in total. The molecule has 2 aromatic rings. The highest BCUT2D eigenvalue weighted by atomic mass is 79.9. The molecule has 0 aliphatic carbocycles. The Morgan fingerprint density at radius 2 is 2.16 bits per heavy atom. The van der Waals surface area contributed by atoms with Gasteiger partial charge in [-0.05, 0) is 12.1 Å². The predicted octanol–water partition coefficient (Wildman–Crippen LogP) is 1.08. The number of aliphatic carboxylic acids is 1. The lowest BCUT2D eigenvalue weighted by molar-refractivity contribution is -0.136. The van der Waals surface area contributed by atoms with Crippen molar-refractivity contribution in [1.82, 2.24) is 14.9 Å². The number of hydrogen-bond acceptors (Lipinski definition) is 5. The van der Waals surface area contributed by atoms with Crippen LogP contribution in [0.1, 0.15) is 18.9 Å². The lowest BCUT2D eigenvalue weighted by atomic mass is 10.2. The molecule has 1 aliphatic heterocycles. The Morgan fingerprint density at radius 3 is 2.88 bits per heavy atom. The van der Waals surface area contributed by atoms with Crippen molar-refractivity contribution in [3.63, 3.8) is 0 Å². The fourth-order valence-corrected chi connectivity index (χ4v) is 4.57. The fraction of sp³-hybridized carbons (Fsp3) is 0.333. The van der Waals surface area contributed by atoms with E-state index < -0.39 is 23.1 Å². The zero-order valence-corrected chi connectivity index (χ0v) is 15.3. The van der Waals surface area contributed by atoms with E-state index in [0.29, 0.717) is 16.8 Å². The Labute approximate surface area is 153 Å². The summed E-state index contributed by atoms with van der Waals surface area (Å²) in [6, 6.07) is 3.11. The Bertz CT molecular complexity index is 984. The summed E-state index contributed by atoms with van der Waals surface area (Å²) < 4.78 is 2.16. The Balaban J connectivity index is 1.95. The van der Waals surface area contributed by atoms with Crippen molar-refractivity contribution in [2.45, 2.75) is 23.8 Å². The largest absolute Gasteiger partial charge is 0.481 e. The van der Waals surface area contributed by atoms with Crippen LogP contribution < -0.4 is 16.4 Å². The van der Waals surface area contributed by atoms with Crippen LogP contribution in [0.5, 0.6) is 0 Å². The third kappa shape index (κ3) is 3.64. The van der Waals surface area contributed by atoms with Crippen LogP contribution in [0.4, 0.5) is 0 Å². The van der Waals surface area contributed by atoms with Gasteiger partial charge in [-0.2, -0.15) is 0 Å². The van der Waals surface area contributed by atoms with Crippen LogP contribution in [0.3, 0.4) is 0 Å². The second kappa shape index (κ2) is 7.04. The molecular formula is C15H14BrN3O5S. The van der Waals surface area contributed by atoms with Gasteiger partial charge in [0.25, 0.3) is 0 Å². The Hall–Kier alpha value is -2.07. The molecule has 1 aromatic carbocycles. The number of rotatable bonds is 5. The lowest BCUT2D eigenvalue weighted by Gasteiger charge is -2.26. The standard InChI is InChI=1S/C15H14BrN3O5S/c16-7-3-9-13-10(4-7)25-6-8(19(13)15(24)14(23)18-9)5-11(20)17-2-1-12(21)22/h3-4,8H,1-2,5-6H2,(H,17,20)(H,18,23)(H,21,22). The van der Waals surface area contributed by atoms with E-state index in [2.05, 4.69) is 26.2 Å². The molecule has 0 bridgehead atoms. The van der Waals surface area contributed by atoms with Crippen LogP contribution in [0.15, 0.2) is 31.1 Å². The third-order valence-electron chi connectivity index (χ3n) is 3.82. The number of carboxylic acids is 1. The van der Waals surface area contributed by atoms with Crippen molar-refractivity contribution in [2.75, 3.05) is 12.3 Å². The molecule has 0 spiro atoms. The van der Waals surface area contributed by atoms with E-state index >= 15 is 0 Å². The van der Waals surface area contributed by atoms with E-state index in [4.69, 9.17) is 5.11 Å². The number of nitrogens with zero attached hydrogens (tertiary/aromatic N) is 1. The maximum atomic E-state index is 12.4. The highest BCUT2D eigenvalue weighted by molar-refractivity contribution is 9.10. The highest BCUT2D eigenvalue weighted by Gasteiger charge is 2.27. The molecule has 1 amide bonds. The number of hydrogen-bond donors (Lipinski definition) is 3. The van der Waals surface area contributed by atoms with Gasteiger partial charge in [-0.1, -0.05) is 15.9 Å². The molecule has 0 radical (unpaired) electrons. The van der Waals surface area contributed by atoms with Gasteiger partial charge >= 0.3 is 17.1 Å². The number of carbonyl (C=O) groups is 2. The lowest BCUT2D eigenvalue weighted by Crippen LogP contribution is -2.41. The van der Waals surface area contributed by atoms with Crippen molar-refractivity contribution >= 4 is 50.6 Å². The molecule has 2 heterocycles. The summed E-state index contributed by atoms with van der Waals surface area (Å²) in [5, 5.41) is 11.1. The van der Waals surface area contributed by atoms with Gasteiger partial charge in [0.1, 0.15) is 0 Å². The van der Waals surface area contributed by atoms with Crippen LogP contribution >= 0.6 is 27.7 Å². The minimum absolute atomic E-state index is 0.000578. The number of thioether (sulfide) groups is 1. The maximum Gasteiger partial charge on any atom is 0.317 e. The molecule has 0 saturated carbocycles. The molecule has 0 fully saturated rings. The number of halogens is 1. The second-order valence-electron chi connectivity index (χ2n) is 5.59. The molecule has 3 N–H and O–H groups in total. The number of amides is 1. The summed E-state index contributed by atoms with van der Waals surface area (Å²) in [6.45, 7) is 0.0250. The van der Waals surface area contributed by atoms with E-state index in [1.54, 1.807) is 6.07 Å². The van der Waals surface area contributed by atoms with Crippen LogP contribution in [0, 0.1) is 0 Å². The van der Waals surface area contributed by atoms with Crippen molar-refractivity contribution < 1.29 is 14.7 Å². The molecule has 132 valence electrons. The van der Waals surface area contributed by atoms with Crippen molar-refractivity contribution in [3.05, 3.63) is 37.3 Å². The maximum absolute atomic E-state index is 12.4. The number of aromatic nitrogens is 2. The zero-order valence-electron chi connectivity index (χ0n) is 12.9. The van der Waals surface area contributed by atoms with Gasteiger partial charge in [0, 0.05) is 28.1 Å². The average Bonchev–Trinajstić information content (AvgIpc) is 2.52. The molecule has 0 saturated heterocycles. The smallest absolute Gasteiger partial charge is 0.317 e. The monoisotopic (exact) mass is 427 g/mol. The molecular weight excluding hydrogens is 414 g/mol. The molecule has 3 rings (SSSR count). The Morgan fingerprint density at radius 1 is 1.40 bits per heavy atom. The van der Waals surface area contributed by atoms with Crippen LogP contribution in [-0.4, -0.2) is 38.8 Å². The van der Waals surface area contributed by atoms with E-state index in [0.717, 1.165) is 9.37 Å². The first-order chi connectivity index (χ1) is 11.9. The number of nitrogens with one attached hydrogen (secondary N) is 2. The Kier molecular flexibility index (Phi) is 5.00. The second-order valence-corrected chi connectivity index (χ2v) is 7.57. The van der Waals surface area contributed by atoms with Gasteiger partial charge in [-0.25, -0.2) is 0 Å². The topological polar surface area (TPSA) is 121 Å².